The molecule has 158 valence electrons. The summed E-state index contributed by atoms with van der Waals surface area (Å²) >= 11 is 0. The summed E-state index contributed by atoms with van der Waals surface area (Å²) in [4.78, 5) is 25.7. The molecule has 2 amide bonds. The van der Waals surface area contributed by atoms with Crippen LogP contribution in [0.2, 0.25) is 0 Å². The normalized spacial score (nSPS) is 11.2. The van der Waals surface area contributed by atoms with Crippen LogP contribution in [0.4, 0.5) is 0 Å². The maximum atomic E-state index is 13.0. The predicted octanol–water partition coefficient (Wildman–Crippen LogP) is 4.63. The van der Waals surface area contributed by atoms with Gasteiger partial charge in [-0.25, -0.2) is 0 Å². The van der Waals surface area contributed by atoms with Crippen molar-refractivity contribution >= 4 is 28.7 Å². The van der Waals surface area contributed by atoms with Gasteiger partial charge in [0.2, 0.25) is 0 Å². The Hall–Kier alpha value is -4.38. The molecule has 0 unspecified atom stereocenters. The molecule has 5 heteroatoms. The average Bonchev–Trinajstić information content (AvgIpc) is 2.84. The average molecular weight is 422 g/mol. The smallest absolute Gasteiger partial charge is 0.268 e. The summed E-state index contributed by atoms with van der Waals surface area (Å²) in [7, 11) is 0. The van der Waals surface area contributed by atoms with E-state index in [0.717, 1.165) is 16.3 Å². The Bertz CT molecular complexity index is 1270. The molecule has 0 bridgehead atoms. The van der Waals surface area contributed by atoms with E-state index >= 15 is 0 Å². The minimum absolute atomic E-state index is 0.116. The van der Waals surface area contributed by atoms with E-state index in [2.05, 4.69) is 10.6 Å². The second-order valence-corrected chi connectivity index (χ2v) is 7.29. The Kier molecular flexibility index (Phi) is 6.28. The number of aromatic hydroxyl groups is 1. The molecule has 0 aliphatic heterocycles. The van der Waals surface area contributed by atoms with E-state index in [1.54, 1.807) is 42.5 Å². The summed E-state index contributed by atoms with van der Waals surface area (Å²) in [5, 5.41) is 17.3. The summed E-state index contributed by atoms with van der Waals surface area (Å²) < 4.78 is 0. The highest BCUT2D eigenvalue weighted by Crippen LogP contribution is 2.18. The highest BCUT2D eigenvalue weighted by Gasteiger charge is 2.15. The number of hydrogen-bond donors (Lipinski definition) is 3. The summed E-state index contributed by atoms with van der Waals surface area (Å²) in [6, 6.07) is 29.0. The summed E-state index contributed by atoms with van der Waals surface area (Å²) in [5.74, 6) is -0.663. The van der Waals surface area contributed by atoms with Crippen LogP contribution >= 0.6 is 0 Å². The zero-order valence-corrected chi connectivity index (χ0v) is 17.3. The molecule has 0 aliphatic rings. The summed E-state index contributed by atoms with van der Waals surface area (Å²) in [5.41, 5.74) is 2.22. The van der Waals surface area contributed by atoms with Gasteiger partial charge in [-0.15, -0.1) is 0 Å². The first kappa shape index (κ1) is 20.9. The van der Waals surface area contributed by atoms with Crippen LogP contribution in [0.5, 0.6) is 5.75 Å². The molecule has 32 heavy (non-hydrogen) atoms. The quantitative estimate of drug-likeness (QED) is 0.396. The number of carbonyl (C=O) groups excluding carboxylic acids is 2. The van der Waals surface area contributed by atoms with Crippen molar-refractivity contribution in [3.63, 3.8) is 0 Å². The van der Waals surface area contributed by atoms with Gasteiger partial charge >= 0.3 is 0 Å². The van der Waals surface area contributed by atoms with Crippen LogP contribution in [-0.2, 0) is 11.3 Å². The van der Waals surface area contributed by atoms with Gasteiger partial charge in [-0.3, -0.25) is 9.59 Å². The van der Waals surface area contributed by atoms with Crippen molar-refractivity contribution in [2.75, 3.05) is 0 Å². The van der Waals surface area contributed by atoms with Gasteiger partial charge in [-0.05, 0) is 52.2 Å². The lowest BCUT2D eigenvalue weighted by Gasteiger charge is -2.12. The van der Waals surface area contributed by atoms with Crippen molar-refractivity contribution in [3.8, 4) is 5.75 Å². The Labute approximate surface area is 186 Å². The molecular formula is C27H22N2O3. The molecule has 4 aromatic carbocycles. The third-order valence-electron chi connectivity index (χ3n) is 5.05. The highest BCUT2D eigenvalue weighted by atomic mass is 16.3. The first-order chi connectivity index (χ1) is 15.6. The molecular weight excluding hydrogens is 400 g/mol. The van der Waals surface area contributed by atoms with Crippen molar-refractivity contribution in [3.05, 3.63) is 119 Å². The number of fused-ring (bicyclic) bond motifs is 1. The van der Waals surface area contributed by atoms with Crippen LogP contribution in [0.25, 0.3) is 16.8 Å². The van der Waals surface area contributed by atoms with Crippen molar-refractivity contribution in [1.29, 1.82) is 0 Å². The van der Waals surface area contributed by atoms with Gasteiger partial charge in [0, 0.05) is 12.1 Å². The van der Waals surface area contributed by atoms with E-state index in [1.165, 1.54) is 12.1 Å². The van der Waals surface area contributed by atoms with Crippen molar-refractivity contribution in [2.45, 2.75) is 6.54 Å². The minimum atomic E-state index is -0.407. The van der Waals surface area contributed by atoms with Gasteiger partial charge in [-0.1, -0.05) is 72.8 Å². The largest absolute Gasteiger partial charge is 0.508 e. The first-order valence-corrected chi connectivity index (χ1v) is 10.2. The molecule has 4 aromatic rings. The second kappa shape index (κ2) is 9.62. The van der Waals surface area contributed by atoms with Crippen molar-refractivity contribution < 1.29 is 14.7 Å². The SMILES string of the molecule is O=C(NCc1cccc2ccccc12)C(=Cc1ccc(O)cc1)NC(=O)c1ccccc1. The van der Waals surface area contributed by atoms with Gasteiger partial charge in [0.05, 0.1) is 0 Å². The molecule has 0 aliphatic carbocycles. The third kappa shape index (κ3) is 5.02. The number of amides is 2. The number of rotatable bonds is 6. The Balaban J connectivity index is 1.57. The molecule has 0 saturated carbocycles. The molecule has 0 heterocycles. The molecule has 4 rings (SSSR count). The van der Waals surface area contributed by atoms with Crippen LogP contribution in [0.1, 0.15) is 21.5 Å². The maximum Gasteiger partial charge on any atom is 0.268 e. The van der Waals surface area contributed by atoms with Gasteiger partial charge < -0.3 is 15.7 Å². The topological polar surface area (TPSA) is 78.4 Å². The van der Waals surface area contributed by atoms with Gasteiger partial charge in [0.25, 0.3) is 11.8 Å². The maximum absolute atomic E-state index is 13.0. The van der Waals surface area contributed by atoms with Crippen LogP contribution < -0.4 is 10.6 Å². The number of phenolic OH excluding ortho intramolecular Hbond substituents is 1. The van der Waals surface area contributed by atoms with E-state index < -0.39 is 5.91 Å². The molecule has 3 N–H and O–H groups in total. The fraction of sp³-hybridized carbons (Fsp3) is 0.0370. The van der Waals surface area contributed by atoms with E-state index in [9.17, 15) is 14.7 Å². The molecule has 0 atom stereocenters. The zero-order valence-electron chi connectivity index (χ0n) is 17.3. The highest BCUT2D eigenvalue weighted by molar-refractivity contribution is 6.05. The second-order valence-electron chi connectivity index (χ2n) is 7.29. The van der Waals surface area contributed by atoms with Gasteiger partial charge in [-0.2, -0.15) is 0 Å². The Morgan fingerprint density at radius 3 is 2.25 bits per heavy atom. The lowest BCUT2D eigenvalue weighted by Crippen LogP contribution is -2.34. The Morgan fingerprint density at radius 2 is 1.47 bits per heavy atom. The molecule has 0 spiro atoms. The van der Waals surface area contributed by atoms with Crippen LogP contribution in [-0.4, -0.2) is 16.9 Å². The number of carbonyl (C=O) groups is 2. The van der Waals surface area contributed by atoms with Crippen LogP contribution in [0.3, 0.4) is 0 Å². The fourth-order valence-corrected chi connectivity index (χ4v) is 3.40. The molecule has 0 aromatic heterocycles. The summed E-state index contributed by atoms with van der Waals surface area (Å²) in [6.07, 6.45) is 1.58. The predicted molar refractivity (Wildman–Crippen MR) is 126 cm³/mol. The molecule has 0 fully saturated rings. The standard InChI is InChI=1S/C27H22N2O3/c30-23-15-13-19(14-16-23)17-25(29-26(31)21-8-2-1-3-9-21)27(32)28-18-22-11-6-10-20-7-4-5-12-24(20)22/h1-17,30H,18H2,(H,28,32)(H,29,31). The number of nitrogens with one attached hydrogen (secondary N) is 2. The monoisotopic (exact) mass is 422 g/mol. The fourth-order valence-electron chi connectivity index (χ4n) is 3.40. The minimum Gasteiger partial charge on any atom is -0.508 e. The van der Waals surface area contributed by atoms with Gasteiger partial charge in [0.1, 0.15) is 11.4 Å². The van der Waals surface area contributed by atoms with Crippen LogP contribution in [0, 0.1) is 0 Å². The number of benzene rings is 4. The zero-order chi connectivity index (χ0) is 22.3. The lowest BCUT2D eigenvalue weighted by atomic mass is 10.0. The van der Waals surface area contributed by atoms with Crippen LogP contribution in [0.15, 0.2) is 103 Å². The van der Waals surface area contributed by atoms with E-state index in [1.807, 2.05) is 48.5 Å². The molecule has 5 nitrogen and oxygen atoms in total. The van der Waals surface area contributed by atoms with Crippen molar-refractivity contribution in [1.82, 2.24) is 10.6 Å². The lowest BCUT2D eigenvalue weighted by molar-refractivity contribution is -0.117. The molecule has 0 saturated heterocycles. The number of hydrogen-bond acceptors (Lipinski definition) is 3. The molecule has 0 radical (unpaired) electrons. The number of phenols is 1. The van der Waals surface area contributed by atoms with Gasteiger partial charge in [0.15, 0.2) is 0 Å². The van der Waals surface area contributed by atoms with Crippen molar-refractivity contribution in [2.24, 2.45) is 0 Å². The van der Waals surface area contributed by atoms with E-state index in [4.69, 9.17) is 0 Å². The van der Waals surface area contributed by atoms with E-state index in [0.29, 0.717) is 17.7 Å². The van der Waals surface area contributed by atoms with E-state index in [-0.39, 0.29) is 17.4 Å². The summed E-state index contributed by atoms with van der Waals surface area (Å²) in [6.45, 7) is 0.314. The first-order valence-electron chi connectivity index (χ1n) is 10.2. The third-order valence-corrected chi connectivity index (χ3v) is 5.05. The Morgan fingerprint density at radius 1 is 0.781 bits per heavy atom.